The van der Waals surface area contributed by atoms with E-state index in [1.54, 1.807) is 0 Å². The number of hydrogen-bond acceptors (Lipinski definition) is 0. The summed E-state index contributed by atoms with van der Waals surface area (Å²) in [5.74, 6) is 0. The number of rotatable bonds is 2. The zero-order valence-electron chi connectivity index (χ0n) is 13.8. The summed E-state index contributed by atoms with van der Waals surface area (Å²) in [6.45, 7) is 8.63. The van der Waals surface area contributed by atoms with Gasteiger partial charge < -0.3 is 0 Å². The number of benzene rings is 3. The van der Waals surface area contributed by atoms with E-state index in [1.807, 2.05) is 0 Å². The van der Waals surface area contributed by atoms with Crippen molar-refractivity contribution in [2.24, 2.45) is 0 Å². The van der Waals surface area contributed by atoms with Gasteiger partial charge in [-0.25, -0.2) is 0 Å². The van der Waals surface area contributed by atoms with Crippen LogP contribution in [-0.2, 0) is 0 Å². The highest BCUT2D eigenvalue weighted by Gasteiger charge is 2.03. The summed E-state index contributed by atoms with van der Waals surface area (Å²) in [6.07, 6.45) is 0. The fraction of sp³-hybridized carbons (Fsp3) is 0.182. The second-order valence-corrected chi connectivity index (χ2v) is 6.25. The van der Waals surface area contributed by atoms with E-state index >= 15 is 0 Å². The average molecular weight is 286 g/mol. The van der Waals surface area contributed by atoms with Crippen molar-refractivity contribution < 1.29 is 0 Å². The molecule has 110 valence electrons. The monoisotopic (exact) mass is 286 g/mol. The van der Waals surface area contributed by atoms with E-state index < -0.39 is 0 Å². The van der Waals surface area contributed by atoms with Gasteiger partial charge in [-0.2, -0.15) is 0 Å². The van der Waals surface area contributed by atoms with E-state index in [-0.39, 0.29) is 0 Å². The van der Waals surface area contributed by atoms with Crippen LogP contribution in [0.3, 0.4) is 0 Å². The lowest BCUT2D eigenvalue weighted by molar-refractivity contribution is 1.34. The van der Waals surface area contributed by atoms with Crippen LogP contribution in [0.25, 0.3) is 22.3 Å². The van der Waals surface area contributed by atoms with Gasteiger partial charge in [-0.15, -0.1) is 0 Å². The van der Waals surface area contributed by atoms with Gasteiger partial charge in [0.05, 0.1) is 0 Å². The predicted molar refractivity (Wildman–Crippen MR) is 96.3 cm³/mol. The lowest BCUT2D eigenvalue weighted by Crippen LogP contribution is -1.85. The Morgan fingerprint density at radius 1 is 0.409 bits per heavy atom. The fourth-order valence-corrected chi connectivity index (χ4v) is 2.92. The molecule has 0 aliphatic rings. The molecule has 0 heterocycles. The zero-order chi connectivity index (χ0) is 15.7. The van der Waals surface area contributed by atoms with Crippen molar-refractivity contribution in [3.05, 3.63) is 82.9 Å². The van der Waals surface area contributed by atoms with Crippen LogP contribution >= 0.6 is 0 Å². The van der Waals surface area contributed by atoms with Gasteiger partial charge in [-0.05, 0) is 61.1 Å². The SMILES string of the molecule is Cc1cc(C)cc(-c2ccc(-c3ccc(C)c(C)c3)cc2)c1. The Morgan fingerprint density at radius 2 is 0.909 bits per heavy atom. The first-order valence-electron chi connectivity index (χ1n) is 7.79. The van der Waals surface area contributed by atoms with Crippen LogP contribution in [0.1, 0.15) is 22.3 Å². The van der Waals surface area contributed by atoms with Gasteiger partial charge >= 0.3 is 0 Å². The van der Waals surface area contributed by atoms with E-state index in [1.165, 1.54) is 44.5 Å². The normalized spacial score (nSPS) is 10.7. The summed E-state index contributed by atoms with van der Waals surface area (Å²) in [5.41, 5.74) is 10.4. The van der Waals surface area contributed by atoms with Gasteiger partial charge in [0.15, 0.2) is 0 Å². The molecule has 0 saturated heterocycles. The molecule has 0 radical (unpaired) electrons. The third-order valence-electron chi connectivity index (χ3n) is 4.28. The lowest BCUT2D eigenvalue weighted by atomic mass is 9.96. The Balaban J connectivity index is 1.97. The Hall–Kier alpha value is -2.34. The van der Waals surface area contributed by atoms with Crippen LogP contribution in [0.15, 0.2) is 60.7 Å². The first-order valence-corrected chi connectivity index (χ1v) is 7.79. The molecule has 0 N–H and O–H groups in total. The molecular formula is C22H22. The van der Waals surface area contributed by atoms with Crippen molar-refractivity contribution in [2.45, 2.75) is 27.7 Å². The topological polar surface area (TPSA) is 0 Å². The minimum absolute atomic E-state index is 1.27. The molecule has 0 aliphatic carbocycles. The molecule has 0 aliphatic heterocycles. The molecule has 3 aromatic rings. The largest absolute Gasteiger partial charge is 0.0584 e. The van der Waals surface area contributed by atoms with Gasteiger partial charge in [0.2, 0.25) is 0 Å². The first kappa shape index (κ1) is 14.6. The Labute approximate surface area is 133 Å². The van der Waals surface area contributed by atoms with Crippen LogP contribution in [0.2, 0.25) is 0 Å². The minimum Gasteiger partial charge on any atom is -0.0584 e. The van der Waals surface area contributed by atoms with Crippen LogP contribution in [0, 0.1) is 27.7 Å². The van der Waals surface area contributed by atoms with Gasteiger partial charge in [-0.1, -0.05) is 71.8 Å². The molecule has 0 fully saturated rings. The van der Waals surface area contributed by atoms with Crippen molar-refractivity contribution in [1.29, 1.82) is 0 Å². The first-order chi connectivity index (χ1) is 10.5. The van der Waals surface area contributed by atoms with Gasteiger partial charge in [0.1, 0.15) is 0 Å². The highest BCUT2D eigenvalue weighted by atomic mass is 14.1. The average Bonchev–Trinajstić information content (AvgIpc) is 2.49. The molecule has 0 saturated carbocycles. The predicted octanol–water partition coefficient (Wildman–Crippen LogP) is 6.25. The molecule has 0 spiro atoms. The summed E-state index contributed by atoms with van der Waals surface area (Å²) in [5, 5.41) is 0. The van der Waals surface area contributed by atoms with Crippen LogP contribution in [0.5, 0.6) is 0 Å². The maximum absolute atomic E-state index is 2.27. The highest BCUT2D eigenvalue weighted by molar-refractivity contribution is 5.71. The molecule has 3 rings (SSSR count). The molecule has 0 unspecified atom stereocenters. The maximum atomic E-state index is 2.27. The van der Waals surface area contributed by atoms with E-state index in [9.17, 15) is 0 Å². The maximum Gasteiger partial charge on any atom is -0.0179 e. The number of aryl methyl sites for hydroxylation is 4. The third-order valence-corrected chi connectivity index (χ3v) is 4.28. The molecule has 3 aromatic carbocycles. The fourth-order valence-electron chi connectivity index (χ4n) is 2.92. The minimum atomic E-state index is 1.27. The standard InChI is InChI=1S/C22H22/c1-15-11-16(2)13-22(12-15)20-9-7-19(8-10-20)21-6-5-17(3)18(4)14-21/h5-14H,1-4H3. The Kier molecular flexibility index (Phi) is 3.85. The summed E-state index contributed by atoms with van der Waals surface area (Å²) >= 11 is 0. The molecule has 0 bridgehead atoms. The molecular weight excluding hydrogens is 264 g/mol. The smallest absolute Gasteiger partial charge is 0.0179 e. The van der Waals surface area contributed by atoms with Crippen molar-refractivity contribution in [3.63, 3.8) is 0 Å². The zero-order valence-corrected chi connectivity index (χ0v) is 13.8. The van der Waals surface area contributed by atoms with Crippen molar-refractivity contribution in [1.82, 2.24) is 0 Å². The van der Waals surface area contributed by atoms with Gasteiger partial charge in [-0.3, -0.25) is 0 Å². The van der Waals surface area contributed by atoms with E-state index in [0.29, 0.717) is 0 Å². The van der Waals surface area contributed by atoms with Crippen molar-refractivity contribution >= 4 is 0 Å². The molecule has 0 amide bonds. The lowest BCUT2D eigenvalue weighted by Gasteiger charge is -2.08. The Morgan fingerprint density at radius 3 is 1.45 bits per heavy atom. The number of hydrogen-bond donors (Lipinski definition) is 0. The van der Waals surface area contributed by atoms with Crippen molar-refractivity contribution in [2.75, 3.05) is 0 Å². The molecule has 0 nitrogen and oxygen atoms in total. The van der Waals surface area contributed by atoms with E-state index in [4.69, 9.17) is 0 Å². The molecule has 22 heavy (non-hydrogen) atoms. The molecule has 0 aromatic heterocycles. The highest BCUT2D eigenvalue weighted by Crippen LogP contribution is 2.27. The van der Waals surface area contributed by atoms with E-state index in [0.717, 1.165) is 0 Å². The summed E-state index contributed by atoms with van der Waals surface area (Å²) in [4.78, 5) is 0. The van der Waals surface area contributed by atoms with Gasteiger partial charge in [0, 0.05) is 0 Å². The quantitative estimate of drug-likeness (QED) is 0.522. The third kappa shape index (κ3) is 2.96. The molecule has 0 heteroatoms. The van der Waals surface area contributed by atoms with Crippen LogP contribution < -0.4 is 0 Å². The summed E-state index contributed by atoms with van der Waals surface area (Å²) in [6, 6.07) is 22.3. The van der Waals surface area contributed by atoms with E-state index in [2.05, 4.69) is 88.4 Å². The Bertz CT molecular complexity index is 788. The van der Waals surface area contributed by atoms with Gasteiger partial charge in [0.25, 0.3) is 0 Å². The summed E-state index contributed by atoms with van der Waals surface area (Å²) < 4.78 is 0. The molecule has 0 atom stereocenters. The second-order valence-electron chi connectivity index (χ2n) is 6.25. The second kappa shape index (κ2) is 5.81. The van der Waals surface area contributed by atoms with Crippen LogP contribution in [0.4, 0.5) is 0 Å². The van der Waals surface area contributed by atoms with Crippen LogP contribution in [-0.4, -0.2) is 0 Å². The summed E-state index contributed by atoms with van der Waals surface area (Å²) in [7, 11) is 0. The van der Waals surface area contributed by atoms with Crippen molar-refractivity contribution in [3.8, 4) is 22.3 Å².